The fourth-order valence-electron chi connectivity index (χ4n) is 3.67. The Morgan fingerprint density at radius 3 is 2.39 bits per heavy atom. The summed E-state index contributed by atoms with van der Waals surface area (Å²) in [6.07, 6.45) is 8.58. The number of ketones is 1. The maximum absolute atomic E-state index is 12.4. The summed E-state index contributed by atoms with van der Waals surface area (Å²) in [7, 11) is 0. The fraction of sp³-hybridized carbons (Fsp3) is 0.615. The number of Topliss-reactive ketones (excluding diaryl/α,β-unsaturated/α-hetero) is 1. The molecule has 4 aliphatic rings. The van der Waals surface area contributed by atoms with Gasteiger partial charge in [-0.3, -0.25) is 4.79 Å². The third kappa shape index (κ3) is 1.37. The molecule has 5 heteroatoms. The van der Waals surface area contributed by atoms with Crippen molar-refractivity contribution in [2.24, 2.45) is 0 Å². The smallest absolute Gasteiger partial charge is 0.199 e. The Morgan fingerprint density at radius 2 is 1.61 bits per heavy atom. The first-order valence-corrected chi connectivity index (χ1v) is 6.83. The summed E-state index contributed by atoms with van der Waals surface area (Å²) in [4.78, 5) is 12.4. The van der Waals surface area contributed by atoms with Crippen LogP contribution < -0.4 is 21.3 Å². The van der Waals surface area contributed by atoms with Gasteiger partial charge in [0.05, 0.1) is 17.8 Å². The van der Waals surface area contributed by atoms with Gasteiger partial charge in [-0.05, 0) is 12.8 Å². The van der Waals surface area contributed by atoms with E-state index in [-0.39, 0.29) is 17.9 Å². The van der Waals surface area contributed by atoms with Crippen molar-refractivity contribution in [3.8, 4) is 0 Å². The van der Waals surface area contributed by atoms with E-state index in [1.54, 1.807) is 6.20 Å². The van der Waals surface area contributed by atoms with Gasteiger partial charge in [0.25, 0.3) is 0 Å². The van der Waals surface area contributed by atoms with E-state index < -0.39 is 0 Å². The SMILES string of the molecule is O=C1C2=C(NC=CN2)C2NC3CCCCC3NC12. The molecule has 2 aliphatic carbocycles. The Bertz CT molecular complexity index is 456. The fourth-order valence-corrected chi connectivity index (χ4v) is 3.67. The van der Waals surface area contributed by atoms with Crippen molar-refractivity contribution in [2.45, 2.75) is 49.9 Å². The lowest BCUT2D eigenvalue weighted by molar-refractivity contribution is -0.118. The lowest BCUT2D eigenvalue weighted by Gasteiger charge is -2.43. The molecular formula is C13H18N4O. The second-order valence-electron chi connectivity index (χ2n) is 5.56. The molecule has 4 N–H and O–H groups in total. The van der Waals surface area contributed by atoms with Gasteiger partial charge in [0.15, 0.2) is 5.78 Å². The Balaban J connectivity index is 1.63. The van der Waals surface area contributed by atoms with E-state index in [4.69, 9.17) is 0 Å². The number of nitrogens with one attached hydrogen (secondary N) is 4. The molecule has 4 rings (SSSR count). The predicted molar refractivity (Wildman–Crippen MR) is 67.3 cm³/mol. The van der Waals surface area contributed by atoms with Crippen LogP contribution in [0, 0.1) is 0 Å². The molecule has 4 atom stereocenters. The molecule has 2 heterocycles. The highest BCUT2D eigenvalue weighted by Gasteiger charge is 2.48. The third-order valence-corrected chi connectivity index (χ3v) is 4.55. The highest BCUT2D eigenvalue weighted by atomic mass is 16.1. The summed E-state index contributed by atoms with van der Waals surface area (Å²) in [5.41, 5.74) is 1.73. The highest BCUT2D eigenvalue weighted by molar-refractivity contribution is 6.04. The van der Waals surface area contributed by atoms with E-state index in [2.05, 4.69) is 21.3 Å². The van der Waals surface area contributed by atoms with Crippen LogP contribution in [0.3, 0.4) is 0 Å². The number of hydrogen-bond donors (Lipinski definition) is 4. The molecule has 1 saturated heterocycles. The largest absolute Gasteiger partial charge is 0.361 e. The zero-order chi connectivity index (χ0) is 12.1. The van der Waals surface area contributed by atoms with Crippen LogP contribution in [0.2, 0.25) is 0 Å². The van der Waals surface area contributed by atoms with Crippen LogP contribution in [0.15, 0.2) is 23.8 Å². The van der Waals surface area contributed by atoms with Crippen molar-refractivity contribution in [3.63, 3.8) is 0 Å². The summed E-state index contributed by atoms with van der Waals surface area (Å²) in [5.74, 6) is 0.184. The van der Waals surface area contributed by atoms with Crippen LogP contribution >= 0.6 is 0 Å². The maximum Gasteiger partial charge on any atom is 0.199 e. The first-order chi connectivity index (χ1) is 8.84. The third-order valence-electron chi connectivity index (χ3n) is 4.55. The second kappa shape index (κ2) is 3.83. The molecule has 0 spiro atoms. The van der Waals surface area contributed by atoms with Crippen LogP contribution in [0.5, 0.6) is 0 Å². The summed E-state index contributed by atoms with van der Waals surface area (Å²) in [6.45, 7) is 0. The van der Waals surface area contributed by atoms with Gasteiger partial charge in [-0.2, -0.15) is 0 Å². The number of carbonyl (C=O) groups excluding carboxylic acids is 1. The molecule has 4 unspecified atom stereocenters. The molecule has 0 bridgehead atoms. The average Bonchev–Trinajstić information content (AvgIpc) is 2.71. The second-order valence-corrected chi connectivity index (χ2v) is 5.56. The van der Waals surface area contributed by atoms with Crippen LogP contribution in [0.25, 0.3) is 0 Å². The summed E-state index contributed by atoms with van der Waals surface area (Å²) in [5, 5.41) is 13.5. The zero-order valence-corrected chi connectivity index (χ0v) is 10.2. The lowest BCUT2D eigenvalue weighted by atomic mass is 9.86. The van der Waals surface area contributed by atoms with Gasteiger partial charge in [-0.1, -0.05) is 12.8 Å². The molecule has 2 fully saturated rings. The minimum Gasteiger partial charge on any atom is -0.361 e. The molecule has 18 heavy (non-hydrogen) atoms. The van der Waals surface area contributed by atoms with Gasteiger partial charge in [0.2, 0.25) is 0 Å². The predicted octanol–water partition coefficient (Wildman–Crippen LogP) is -0.314. The van der Waals surface area contributed by atoms with E-state index in [9.17, 15) is 4.79 Å². The van der Waals surface area contributed by atoms with Crippen molar-refractivity contribution in [1.29, 1.82) is 0 Å². The standard InChI is InChI=1S/C13H18N4O/c18-13-11-9(14-5-6-15-11)10-12(13)17-8-4-2-1-3-7(8)16-10/h5-8,10,12,14-17H,1-4H2. The molecule has 1 saturated carbocycles. The maximum atomic E-state index is 12.4. The van der Waals surface area contributed by atoms with E-state index in [0.717, 1.165) is 11.4 Å². The van der Waals surface area contributed by atoms with Crippen molar-refractivity contribution >= 4 is 5.78 Å². The van der Waals surface area contributed by atoms with Crippen LogP contribution in [0.4, 0.5) is 0 Å². The highest BCUT2D eigenvalue weighted by Crippen LogP contribution is 2.30. The van der Waals surface area contributed by atoms with Gasteiger partial charge in [-0.25, -0.2) is 0 Å². The number of hydrogen-bond acceptors (Lipinski definition) is 5. The Hall–Kier alpha value is -1.33. The normalized spacial score (nSPS) is 41.7. The van der Waals surface area contributed by atoms with Crippen molar-refractivity contribution in [2.75, 3.05) is 0 Å². The molecule has 2 aliphatic heterocycles. The van der Waals surface area contributed by atoms with E-state index >= 15 is 0 Å². The minimum atomic E-state index is -0.103. The van der Waals surface area contributed by atoms with Gasteiger partial charge >= 0.3 is 0 Å². The van der Waals surface area contributed by atoms with Gasteiger partial charge in [-0.15, -0.1) is 0 Å². The minimum absolute atomic E-state index is 0.101. The van der Waals surface area contributed by atoms with E-state index in [1.807, 2.05) is 6.20 Å². The molecule has 0 amide bonds. The molecule has 0 aromatic rings. The first kappa shape index (κ1) is 10.6. The number of piperazine rings is 1. The molecule has 5 nitrogen and oxygen atoms in total. The quantitative estimate of drug-likeness (QED) is 0.472. The molecule has 96 valence electrons. The first-order valence-electron chi connectivity index (χ1n) is 6.83. The molecule has 0 aromatic heterocycles. The monoisotopic (exact) mass is 246 g/mol. The van der Waals surface area contributed by atoms with Crippen molar-refractivity contribution in [1.82, 2.24) is 21.3 Å². The summed E-state index contributed by atoms with van der Waals surface area (Å²) < 4.78 is 0. The Morgan fingerprint density at radius 1 is 0.944 bits per heavy atom. The Labute approximate surface area is 106 Å². The van der Waals surface area contributed by atoms with Gasteiger partial charge in [0, 0.05) is 24.5 Å². The topological polar surface area (TPSA) is 65.2 Å². The lowest BCUT2D eigenvalue weighted by Crippen LogP contribution is -2.67. The molecular weight excluding hydrogens is 228 g/mol. The average molecular weight is 246 g/mol. The number of fused-ring (bicyclic) bond motifs is 3. The number of carbonyl (C=O) groups is 1. The Kier molecular flexibility index (Phi) is 2.25. The van der Waals surface area contributed by atoms with Gasteiger partial charge in [0.1, 0.15) is 5.70 Å². The van der Waals surface area contributed by atoms with E-state index in [0.29, 0.717) is 12.1 Å². The van der Waals surface area contributed by atoms with Gasteiger partial charge < -0.3 is 21.3 Å². The van der Waals surface area contributed by atoms with Crippen molar-refractivity contribution in [3.05, 3.63) is 23.8 Å². The molecule has 0 aromatic carbocycles. The number of rotatable bonds is 0. The summed E-state index contributed by atoms with van der Waals surface area (Å²) >= 11 is 0. The van der Waals surface area contributed by atoms with Crippen molar-refractivity contribution < 1.29 is 4.79 Å². The van der Waals surface area contributed by atoms with E-state index in [1.165, 1.54) is 25.7 Å². The van der Waals surface area contributed by atoms with Crippen LogP contribution in [-0.2, 0) is 4.79 Å². The molecule has 0 radical (unpaired) electrons. The zero-order valence-electron chi connectivity index (χ0n) is 10.2. The van der Waals surface area contributed by atoms with Crippen LogP contribution in [-0.4, -0.2) is 30.0 Å². The van der Waals surface area contributed by atoms with Crippen LogP contribution in [0.1, 0.15) is 25.7 Å². The summed E-state index contributed by atoms with van der Waals surface area (Å²) in [6, 6.07) is 0.962.